The number of fused-ring (bicyclic) bond motifs is 1. The Bertz CT molecular complexity index is 986. The molecule has 8 nitrogen and oxygen atoms in total. The SMILES string of the molecule is O=C(O)CC1(CC(=O)O)CC2(O)C3Cc4ccc(O)cc4[C@@]2(CCN3CC2CC2)CC1=O. The monoisotopic (exact) mass is 443 g/mol. The van der Waals surface area contributed by atoms with Crippen molar-refractivity contribution in [3.05, 3.63) is 29.3 Å². The number of phenols is 1. The van der Waals surface area contributed by atoms with Gasteiger partial charge in [-0.15, -0.1) is 0 Å². The lowest BCUT2D eigenvalue weighted by Gasteiger charge is -2.66. The van der Waals surface area contributed by atoms with Gasteiger partial charge >= 0.3 is 11.9 Å². The molecule has 5 rings (SSSR count). The van der Waals surface area contributed by atoms with Crippen molar-refractivity contribution in [3.63, 3.8) is 0 Å². The minimum absolute atomic E-state index is 0.0553. The largest absolute Gasteiger partial charge is 0.508 e. The van der Waals surface area contributed by atoms with Crippen LogP contribution in [-0.2, 0) is 26.2 Å². The van der Waals surface area contributed by atoms with Crippen LogP contribution >= 0.6 is 0 Å². The van der Waals surface area contributed by atoms with Crippen LogP contribution in [-0.4, -0.2) is 67.8 Å². The van der Waals surface area contributed by atoms with Gasteiger partial charge in [-0.05, 0) is 67.8 Å². The number of Topliss-reactive ketones (excluding diaryl/α,β-unsaturated/α-hetero) is 1. The van der Waals surface area contributed by atoms with Gasteiger partial charge in [0.25, 0.3) is 0 Å². The normalized spacial score (nSPS) is 33.3. The van der Waals surface area contributed by atoms with Crippen molar-refractivity contribution in [2.45, 2.75) is 68.4 Å². The van der Waals surface area contributed by atoms with Crippen LogP contribution in [0.5, 0.6) is 5.75 Å². The molecule has 3 fully saturated rings. The van der Waals surface area contributed by atoms with Gasteiger partial charge < -0.3 is 20.4 Å². The molecule has 0 spiro atoms. The average molecular weight is 443 g/mol. The maximum Gasteiger partial charge on any atom is 0.304 e. The Morgan fingerprint density at radius 1 is 1.12 bits per heavy atom. The molecule has 32 heavy (non-hydrogen) atoms. The maximum atomic E-state index is 13.5. The third kappa shape index (κ3) is 3.07. The minimum atomic E-state index is -1.65. The highest BCUT2D eigenvalue weighted by Gasteiger charge is 2.70. The van der Waals surface area contributed by atoms with Gasteiger partial charge in [0.2, 0.25) is 0 Å². The van der Waals surface area contributed by atoms with Crippen LogP contribution in [0.2, 0.25) is 0 Å². The number of nitrogens with zero attached hydrogens (tertiary/aromatic N) is 1. The van der Waals surface area contributed by atoms with Gasteiger partial charge in [0.15, 0.2) is 0 Å². The molecule has 1 aromatic rings. The van der Waals surface area contributed by atoms with Crippen LogP contribution in [0.4, 0.5) is 0 Å². The number of ketones is 1. The predicted molar refractivity (Wildman–Crippen MR) is 112 cm³/mol. The van der Waals surface area contributed by atoms with Gasteiger partial charge in [-0.2, -0.15) is 0 Å². The number of aliphatic hydroxyl groups is 1. The molecule has 0 aromatic heterocycles. The average Bonchev–Trinajstić information content (AvgIpc) is 3.49. The zero-order valence-electron chi connectivity index (χ0n) is 17.9. The molecule has 1 saturated heterocycles. The summed E-state index contributed by atoms with van der Waals surface area (Å²) in [7, 11) is 0. The number of carboxylic acids is 2. The lowest BCUT2D eigenvalue weighted by molar-refractivity contribution is -0.199. The summed E-state index contributed by atoms with van der Waals surface area (Å²) in [4.78, 5) is 39.2. The Labute approximate surface area is 185 Å². The topological polar surface area (TPSA) is 135 Å². The molecule has 0 amide bonds. The molecule has 1 aliphatic heterocycles. The number of aromatic hydroxyl groups is 1. The Kier molecular flexibility index (Phi) is 4.70. The third-order valence-corrected chi connectivity index (χ3v) is 8.50. The number of hydrogen-bond acceptors (Lipinski definition) is 6. The molecule has 3 aliphatic carbocycles. The minimum Gasteiger partial charge on any atom is -0.508 e. The molecule has 1 heterocycles. The number of likely N-dealkylation sites (tertiary alicyclic amines) is 1. The standard InChI is InChI=1S/C24H29NO7/c26-16-4-3-15-7-18-24(32)13-22(10-20(28)29,11-21(30)31)19(27)9-23(24,17(15)8-16)5-6-25(18)12-14-1-2-14/h3-4,8,14,18,26,32H,1-2,5-7,9-13H2,(H,28,29)(H,30,31)/t18?,23-,24?/m1/s1. The highest BCUT2D eigenvalue weighted by molar-refractivity contribution is 5.94. The third-order valence-electron chi connectivity index (χ3n) is 8.50. The van der Waals surface area contributed by atoms with Crippen LogP contribution < -0.4 is 0 Å². The van der Waals surface area contributed by atoms with Gasteiger partial charge in [-0.3, -0.25) is 19.3 Å². The van der Waals surface area contributed by atoms with E-state index in [9.17, 15) is 34.8 Å². The Morgan fingerprint density at radius 3 is 2.44 bits per heavy atom. The zero-order valence-corrected chi connectivity index (χ0v) is 17.9. The Hall–Kier alpha value is -2.45. The number of carbonyl (C=O) groups is 3. The van der Waals surface area contributed by atoms with Crippen LogP contribution in [0.3, 0.4) is 0 Å². The van der Waals surface area contributed by atoms with Gasteiger partial charge in [0, 0.05) is 24.4 Å². The summed E-state index contributed by atoms with van der Waals surface area (Å²) in [5.74, 6) is -2.27. The summed E-state index contributed by atoms with van der Waals surface area (Å²) >= 11 is 0. The van der Waals surface area contributed by atoms with E-state index in [-0.39, 0.29) is 24.6 Å². The Morgan fingerprint density at radius 2 is 1.81 bits per heavy atom. The summed E-state index contributed by atoms with van der Waals surface area (Å²) in [6.07, 6.45) is 1.79. The van der Waals surface area contributed by atoms with Crippen LogP contribution in [0.25, 0.3) is 0 Å². The number of piperidine rings is 1. The summed E-state index contributed by atoms with van der Waals surface area (Å²) < 4.78 is 0. The molecule has 1 aromatic carbocycles. The molecule has 2 bridgehead atoms. The van der Waals surface area contributed by atoms with Gasteiger partial charge in [-0.1, -0.05) is 6.07 Å². The molecule has 172 valence electrons. The van der Waals surface area contributed by atoms with Crippen molar-refractivity contribution < 1.29 is 34.8 Å². The van der Waals surface area contributed by atoms with E-state index in [2.05, 4.69) is 4.90 Å². The van der Waals surface area contributed by atoms with Crippen molar-refractivity contribution in [2.24, 2.45) is 11.3 Å². The molecule has 4 aliphatic rings. The lowest BCUT2D eigenvalue weighted by atomic mass is 9.44. The van der Waals surface area contributed by atoms with Gasteiger partial charge in [0.05, 0.1) is 23.9 Å². The van der Waals surface area contributed by atoms with Crippen molar-refractivity contribution >= 4 is 17.7 Å². The predicted octanol–water partition coefficient (Wildman–Crippen LogP) is 1.70. The van der Waals surface area contributed by atoms with Crippen molar-refractivity contribution in [1.82, 2.24) is 4.90 Å². The van der Waals surface area contributed by atoms with Crippen molar-refractivity contribution in [2.75, 3.05) is 13.1 Å². The summed E-state index contributed by atoms with van der Waals surface area (Å²) in [5.41, 5.74) is -2.34. The van der Waals surface area contributed by atoms with Crippen LogP contribution in [0, 0.1) is 11.3 Å². The quantitative estimate of drug-likeness (QED) is 0.522. The number of benzene rings is 1. The van der Waals surface area contributed by atoms with E-state index < -0.39 is 47.0 Å². The number of aliphatic carboxylic acids is 2. The smallest absolute Gasteiger partial charge is 0.304 e. The highest BCUT2D eigenvalue weighted by atomic mass is 16.4. The number of carbonyl (C=O) groups excluding carboxylic acids is 1. The van der Waals surface area contributed by atoms with Crippen LogP contribution in [0.15, 0.2) is 18.2 Å². The maximum absolute atomic E-state index is 13.5. The first kappa shape index (κ1) is 21.4. The molecule has 3 atom stereocenters. The first-order valence-electron chi connectivity index (χ1n) is 11.3. The highest BCUT2D eigenvalue weighted by Crippen LogP contribution is 2.62. The van der Waals surface area contributed by atoms with Crippen LogP contribution in [0.1, 0.15) is 56.1 Å². The molecular formula is C24H29NO7. The number of hydrogen-bond donors (Lipinski definition) is 4. The van der Waals surface area contributed by atoms with E-state index in [4.69, 9.17) is 0 Å². The lowest BCUT2D eigenvalue weighted by Crippen LogP contribution is -2.76. The molecule has 8 heteroatoms. The summed E-state index contributed by atoms with van der Waals surface area (Å²) in [6, 6.07) is 4.76. The van der Waals surface area contributed by atoms with E-state index in [1.54, 1.807) is 12.1 Å². The van der Waals surface area contributed by atoms with Gasteiger partial charge in [0.1, 0.15) is 11.5 Å². The molecule has 2 unspecified atom stereocenters. The fraction of sp³-hybridized carbons (Fsp3) is 0.625. The second-order valence-corrected chi connectivity index (χ2v) is 10.5. The first-order chi connectivity index (χ1) is 15.1. The van der Waals surface area contributed by atoms with Crippen molar-refractivity contribution in [1.29, 1.82) is 0 Å². The fourth-order valence-electron chi connectivity index (χ4n) is 6.90. The molecule has 4 N–H and O–H groups in total. The van der Waals surface area contributed by atoms with E-state index in [0.717, 1.165) is 30.5 Å². The number of phenolic OH excluding ortho intramolecular Hbond substituents is 1. The molecular weight excluding hydrogens is 414 g/mol. The van der Waals surface area contributed by atoms with Gasteiger partial charge in [-0.25, -0.2) is 0 Å². The number of rotatable bonds is 6. The second-order valence-electron chi connectivity index (χ2n) is 10.5. The van der Waals surface area contributed by atoms with E-state index in [0.29, 0.717) is 25.3 Å². The Balaban J connectivity index is 1.66. The summed E-state index contributed by atoms with van der Waals surface area (Å²) in [5, 5.41) is 41.7. The van der Waals surface area contributed by atoms with E-state index >= 15 is 0 Å². The summed E-state index contributed by atoms with van der Waals surface area (Å²) in [6.45, 7) is 1.55. The van der Waals surface area contributed by atoms with E-state index in [1.165, 1.54) is 0 Å². The molecule has 0 radical (unpaired) electrons. The first-order valence-corrected chi connectivity index (χ1v) is 11.3. The zero-order chi connectivity index (χ0) is 22.9. The number of carboxylic acid groups (broad SMARTS) is 2. The van der Waals surface area contributed by atoms with E-state index in [1.807, 2.05) is 6.07 Å². The second kappa shape index (κ2) is 7.02. The fourth-order valence-corrected chi connectivity index (χ4v) is 6.90. The van der Waals surface area contributed by atoms with Crippen molar-refractivity contribution in [3.8, 4) is 5.75 Å². The molecule has 2 saturated carbocycles.